The molecule has 8 nitrogen and oxygen atoms in total. The summed E-state index contributed by atoms with van der Waals surface area (Å²) in [5.74, 6) is -3.21. The molecule has 1 atom stereocenters. The second kappa shape index (κ2) is 10.3. The summed E-state index contributed by atoms with van der Waals surface area (Å²) >= 11 is 0. The third-order valence-electron chi connectivity index (χ3n) is 5.26. The van der Waals surface area contributed by atoms with E-state index in [-0.39, 0.29) is 4.90 Å². The summed E-state index contributed by atoms with van der Waals surface area (Å²) in [6, 6.07) is 10.3. The van der Waals surface area contributed by atoms with Crippen LogP contribution in [-0.2, 0) is 31.2 Å². The number of nitrogens with zero attached hydrogens (tertiary/aromatic N) is 3. The molecule has 0 unspecified atom stereocenters. The largest absolute Gasteiger partial charge is 0.462 e. The Bertz CT molecular complexity index is 1340. The number of aryl methyl sites for hydroxylation is 1. The Morgan fingerprint density at radius 2 is 1.74 bits per heavy atom. The molecule has 0 bridgehead atoms. The highest BCUT2D eigenvalue weighted by atomic mass is 32.2. The van der Waals surface area contributed by atoms with Crippen molar-refractivity contribution in [3.8, 4) is 11.3 Å². The number of hydrogen-bond donors (Lipinski definition) is 0. The Morgan fingerprint density at radius 1 is 1.09 bits per heavy atom. The summed E-state index contributed by atoms with van der Waals surface area (Å²) in [7, 11) is -2.29. The highest BCUT2D eigenvalue weighted by molar-refractivity contribution is 7.92. The Balaban J connectivity index is 1.83. The Labute approximate surface area is 202 Å². The number of anilines is 1. The first kappa shape index (κ1) is 26.0. The molecule has 0 aliphatic heterocycles. The molecule has 0 saturated heterocycles. The molecule has 1 aromatic heterocycles. The van der Waals surface area contributed by atoms with Crippen LogP contribution >= 0.6 is 0 Å². The molecule has 0 saturated carbocycles. The minimum Gasteiger partial charge on any atom is -0.462 e. The van der Waals surface area contributed by atoms with Crippen LogP contribution < -0.4 is 4.90 Å². The molecule has 186 valence electrons. The van der Waals surface area contributed by atoms with Gasteiger partial charge in [-0.05, 0) is 56.7 Å². The van der Waals surface area contributed by atoms with E-state index < -0.39 is 45.3 Å². The topological polar surface area (TPSA) is 98.6 Å². The number of amides is 1. The lowest BCUT2D eigenvalue weighted by atomic mass is 10.1. The van der Waals surface area contributed by atoms with Crippen molar-refractivity contribution in [3.63, 3.8) is 0 Å². The Kier molecular flexibility index (Phi) is 7.69. The highest BCUT2D eigenvalue weighted by Gasteiger charge is 2.24. The van der Waals surface area contributed by atoms with E-state index in [1.165, 1.54) is 27.8 Å². The van der Waals surface area contributed by atoms with Crippen molar-refractivity contribution in [1.82, 2.24) is 9.78 Å². The fourth-order valence-corrected chi connectivity index (χ4v) is 4.58. The molecule has 1 heterocycles. The number of carbonyl (C=O) groups is 2. The van der Waals surface area contributed by atoms with Crippen LogP contribution in [0.3, 0.4) is 0 Å². The number of esters is 1. The minimum absolute atomic E-state index is 0.0482. The van der Waals surface area contributed by atoms with Crippen LogP contribution in [0.1, 0.15) is 32.4 Å². The van der Waals surface area contributed by atoms with E-state index in [1.807, 2.05) is 0 Å². The van der Waals surface area contributed by atoms with Gasteiger partial charge in [-0.1, -0.05) is 12.1 Å². The standard InChI is InChI=1S/C24H25F2N3O5S/c1-15(2)34-24(31)13-35(32,33)19-8-5-17(6-9-19)16(3)29(14-30)23-12-22(27-28(23)4)18-7-10-20(25)21(26)11-18/h5-12,14-16H,13H2,1-4H3/t16-/m1/s1. The van der Waals surface area contributed by atoms with Gasteiger partial charge >= 0.3 is 5.97 Å². The van der Waals surface area contributed by atoms with Crippen LogP contribution in [-0.4, -0.2) is 42.4 Å². The van der Waals surface area contributed by atoms with E-state index in [1.54, 1.807) is 46.0 Å². The second-order valence-electron chi connectivity index (χ2n) is 8.20. The fourth-order valence-electron chi connectivity index (χ4n) is 3.49. The van der Waals surface area contributed by atoms with Crippen molar-refractivity contribution in [3.05, 3.63) is 65.7 Å². The molecule has 11 heteroatoms. The molecule has 0 N–H and O–H groups in total. The molecular formula is C24H25F2N3O5S. The zero-order valence-electron chi connectivity index (χ0n) is 19.6. The predicted octanol–water partition coefficient (Wildman–Crippen LogP) is 3.81. The van der Waals surface area contributed by atoms with E-state index in [0.717, 1.165) is 12.1 Å². The molecule has 0 aliphatic carbocycles. The smallest absolute Gasteiger partial charge is 0.321 e. The average molecular weight is 506 g/mol. The molecule has 3 rings (SSSR count). The van der Waals surface area contributed by atoms with Gasteiger partial charge in [0.2, 0.25) is 6.41 Å². The maximum atomic E-state index is 13.6. The van der Waals surface area contributed by atoms with E-state index in [4.69, 9.17) is 4.74 Å². The number of aromatic nitrogens is 2. The number of carbonyl (C=O) groups excluding carboxylic acids is 2. The summed E-state index contributed by atoms with van der Waals surface area (Å²) in [5.41, 5.74) is 1.31. The van der Waals surface area contributed by atoms with Gasteiger partial charge in [0.25, 0.3) is 0 Å². The molecular weight excluding hydrogens is 480 g/mol. The van der Waals surface area contributed by atoms with Gasteiger partial charge in [0.1, 0.15) is 5.82 Å². The summed E-state index contributed by atoms with van der Waals surface area (Å²) in [6.45, 7) is 4.99. The third-order valence-corrected chi connectivity index (χ3v) is 6.87. The maximum Gasteiger partial charge on any atom is 0.321 e. The maximum absolute atomic E-state index is 13.6. The molecule has 0 aliphatic rings. The van der Waals surface area contributed by atoms with Crippen molar-refractivity contribution < 1.29 is 31.5 Å². The van der Waals surface area contributed by atoms with Gasteiger partial charge in [0.15, 0.2) is 27.2 Å². The Morgan fingerprint density at radius 3 is 2.31 bits per heavy atom. The minimum atomic E-state index is -3.90. The van der Waals surface area contributed by atoms with Crippen LogP contribution in [0.4, 0.5) is 14.6 Å². The number of sulfone groups is 1. The Hall–Kier alpha value is -3.60. The molecule has 0 fully saturated rings. The zero-order valence-corrected chi connectivity index (χ0v) is 20.4. The average Bonchev–Trinajstić information content (AvgIpc) is 3.16. The van der Waals surface area contributed by atoms with Crippen molar-refractivity contribution in [2.75, 3.05) is 10.7 Å². The van der Waals surface area contributed by atoms with Gasteiger partial charge in [-0.25, -0.2) is 17.2 Å². The van der Waals surface area contributed by atoms with Crippen molar-refractivity contribution >= 4 is 28.0 Å². The summed E-state index contributed by atoms with van der Waals surface area (Å²) < 4.78 is 58.3. The molecule has 0 radical (unpaired) electrons. The summed E-state index contributed by atoms with van der Waals surface area (Å²) in [4.78, 5) is 25.1. The van der Waals surface area contributed by atoms with Crippen molar-refractivity contribution in [2.24, 2.45) is 7.05 Å². The second-order valence-corrected chi connectivity index (χ2v) is 10.2. The highest BCUT2D eigenvalue weighted by Crippen LogP contribution is 2.30. The fraction of sp³-hybridized carbons (Fsp3) is 0.292. The van der Waals surface area contributed by atoms with Crippen LogP contribution in [0.25, 0.3) is 11.3 Å². The molecule has 2 aromatic carbocycles. The number of halogens is 2. The lowest BCUT2D eigenvalue weighted by molar-refractivity contribution is -0.144. The lowest BCUT2D eigenvalue weighted by Crippen LogP contribution is -2.27. The first-order chi connectivity index (χ1) is 16.4. The number of benzene rings is 2. The van der Waals surface area contributed by atoms with Gasteiger partial charge in [0, 0.05) is 18.7 Å². The van der Waals surface area contributed by atoms with Crippen LogP contribution in [0, 0.1) is 11.6 Å². The van der Waals surface area contributed by atoms with Crippen LogP contribution in [0.15, 0.2) is 53.4 Å². The molecule has 1 amide bonds. The van der Waals surface area contributed by atoms with Gasteiger partial charge in [-0.3, -0.25) is 19.2 Å². The van der Waals surface area contributed by atoms with Gasteiger partial charge in [-0.15, -0.1) is 0 Å². The third kappa shape index (κ3) is 5.91. The number of rotatable bonds is 9. The van der Waals surface area contributed by atoms with Gasteiger partial charge < -0.3 is 4.74 Å². The van der Waals surface area contributed by atoms with Gasteiger partial charge in [0.05, 0.1) is 22.7 Å². The monoisotopic (exact) mass is 505 g/mol. The lowest BCUT2D eigenvalue weighted by Gasteiger charge is -2.25. The summed E-state index contributed by atoms with van der Waals surface area (Å²) in [6.07, 6.45) is 0.174. The number of hydrogen-bond acceptors (Lipinski definition) is 6. The first-order valence-electron chi connectivity index (χ1n) is 10.7. The zero-order chi connectivity index (χ0) is 25.9. The molecule has 3 aromatic rings. The van der Waals surface area contributed by atoms with E-state index in [0.29, 0.717) is 29.0 Å². The predicted molar refractivity (Wildman–Crippen MR) is 125 cm³/mol. The van der Waals surface area contributed by atoms with Gasteiger partial charge in [-0.2, -0.15) is 5.10 Å². The summed E-state index contributed by atoms with van der Waals surface area (Å²) in [5, 5.41) is 4.29. The van der Waals surface area contributed by atoms with E-state index >= 15 is 0 Å². The van der Waals surface area contributed by atoms with Crippen molar-refractivity contribution in [1.29, 1.82) is 0 Å². The molecule has 0 spiro atoms. The first-order valence-corrected chi connectivity index (χ1v) is 12.3. The quantitative estimate of drug-likeness (QED) is 0.324. The molecule has 35 heavy (non-hydrogen) atoms. The van der Waals surface area contributed by atoms with Crippen LogP contribution in [0.2, 0.25) is 0 Å². The number of ether oxygens (including phenoxy) is 1. The normalized spacial score (nSPS) is 12.4. The van der Waals surface area contributed by atoms with Crippen molar-refractivity contribution in [2.45, 2.75) is 37.8 Å². The van der Waals surface area contributed by atoms with Crippen LogP contribution in [0.5, 0.6) is 0 Å². The van der Waals surface area contributed by atoms with E-state index in [9.17, 15) is 26.8 Å². The van der Waals surface area contributed by atoms with E-state index in [2.05, 4.69) is 5.10 Å². The SMILES string of the molecule is CC(C)OC(=O)CS(=O)(=O)c1ccc([C@@H](C)N(C=O)c2cc(-c3ccc(F)c(F)c3)nn2C)cc1.